The zero-order valence-electron chi connectivity index (χ0n) is 22.6. The van der Waals surface area contributed by atoms with Crippen molar-refractivity contribution in [3.63, 3.8) is 0 Å². The molecule has 0 unspecified atom stereocenters. The number of amides is 3. The fraction of sp³-hybridized carbons (Fsp3) is 0.571. The normalized spacial score (nSPS) is 13.7. The minimum absolute atomic E-state index is 0.0122. The van der Waals surface area contributed by atoms with E-state index in [1.165, 1.54) is 12.0 Å². The Bertz CT molecular complexity index is 1010. The minimum Gasteiger partial charge on any atom is -0.493 e. The first-order chi connectivity index (χ1) is 17.9. The standard InChI is InChI=1S/C28H41N3O5S/c1-21-13-17-37-26(21)19-30(14-12-22-10-11-24(35-3)25(18-22)36-4)27(32)20-31(15-16-34-2)28(33)29-23-8-6-5-7-9-23/h10-11,13,17-18,23H,5-9,12,14-16,19-20H2,1-4H3,(H,29,33). The Morgan fingerprint density at radius 2 is 1.76 bits per heavy atom. The highest BCUT2D eigenvalue weighted by Gasteiger charge is 2.24. The summed E-state index contributed by atoms with van der Waals surface area (Å²) in [6, 6.07) is 7.87. The van der Waals surface area contributed by atoms with Crippen LogP contribution in [0.15, 0.2) is 29.6 Å². The van der Waals surface area contributed by atoms with E-state index in [1.54, 1.807) is 37.6 Å². The highest BCUT2D eigenvalue weighted by atomic mass is 32.1. The summed E-state index contributed by atoms with van der Waals surface area (Å²) >= 11 is 1.65. The van der Waals surface area contributed by atoms with Gasteiger partial charge in [0, 0.05) is 31.1 Å². The average molecular weight is 532 g/mol. The third-order valence-electron chi connectivity index (χ3n) is 6.89. The first-order valence-corrected chi connectivity index (χ1v) is 13.9. The van der Waals surface area contributed by atoms with Gasteiger partial charge in [0.05, 0.1) is 27.4 Å². The molecular formula is C28H41N3O5S. The van der Waals surface area contributed by atoms with Crippen molar-refractivity contribution in [1.29, 1.82) is 0 Å². The summed E-state index contributed by atoms with van der Waals surface area (Å²) in [5, 5.41) is 5.19. The number of urea groups is 1. The van der Waals surface area contributed by atoms with E-state index in [0.717, 1.165) is 36.1 Å². The van der Waals surface area contributed by atoms with E-state index in [4.69, 9.17) is 14.2 Å². The van der Waals surface area contributed by atoms with Gasteiger partial charge < -0.3 is 29.3 Å². The molecule has 1 saturated carbocycles. The van der Waals surface area contributed by atoms with Crippen molar-refractivity contribution in [3.05, 3.63) is 45.6 Å². The van der Waals surface area contributed by atoms with Crippen molar-refractivity contribution in [1.82, 2.24) is 15.1 Å². The topological polar surface area (TPSA) is 80.3 Å². The fourth-order valence-electron chi connectivity index (χ4n) is 4.56. The van der Waals surface area contributed by atoms with Crippen LogP contribution in [0.3, 0.4) is 0 Å². The van der Waals surface area contributed by atoms with E-state index in [-0.39, 0.29) is 24.5 Å². The average Bonchev–Trinajstić information content (AvgIpc) is 3.32. The predicted molar refractivity (Wildman–Crippen MR) is 147 cm³/mol. The second kappa shape index (κ2) is 14.8. The van der Waals surface area contributed by atoms with E-state index in [9.17, 15) is 9.59 Å². The van der Waals surface area contributed by atoms with Crippen LogP contribution >= 0.6 is 11.3 Å². The first kappa shape index (κ1) is 28.8. The molecule has 1 heterocycles. The van der Waals surface area contributed by atoms with Crippen LogP contribution < -0.4 is 14.8 Å². The van der Waals surface area contributed by atoms with Crippen molar-refractivity contribution in [2.75, 3.05) is 47.6 Å². The predicted octanol–water partition coefficient (Wildman–Crippen LogP) is 4.64. The van der Waals surface area contributed by atoms with Gasteiger partial charge in [-0.2, -0.15) is 0 Å². The van der Waals surface area contributed by atoms with Crippen LogP contribution in [0.1, 0.15) is 48.1 Å². The number of ether oxygens (including phenoxy) is 3. The lowest BCUT2D eigenvalue weighted by Crippen LogP contribution is -2.50. The summed E-state index contributed by atoms with van der Waals surface area (Å²) in [6.45, 7) is 3.85. The van der Waals surface area contributed by atoms with Crippen LogP contribution in [0.4, 0.5) is 4.79 Å². The van der Waals surface area contributed by atoms with Crippen molar-refractivity contribution in [3.8, 4) is 11.5 Å². The molecule has 37 heavy (non-hydrogen) atoms. The van der Waals surface area contributed by atoms with Crippen LogP contribution in [0, 0.1) is 6.92 Å². The number of carbonyl (C=O) groups is 2. The Balaban J connectivity index is 1.72. The number of carbonyl (C=O) groups excluding carboxylic acids is 2. The largest absolute Gasteiger partial charge is 0.493 e. The second-order valence-corrected chi connectivity index (χ2v) is 10.5. The molecule has 0 bridgehead atoms. The molecule has 1 fully saturated rings. The molecule has 204 valence electrons. The molecule has 3 amide bonds. The summed E-state index contributed by atoms with van der Waals surface area (Å²) in [7, 11) is 4.83. The van der Waals surface area contributed by atoms with Crippen LogP contribution in [0.25, 0.3) is 0 Å². The summed E-state index contributed by atoms with van der Waals surface area (Å²) in [4.78, 5) is 31.3. The summed E-state index contributed by atoms with van der Waals surface area (Å²) in [6.07, 6.45) is 6.12. The van der Waals surface area contributed by atoms with E-state index in [1.807, 2.05) is 28.5 Å². The van der Waals surface area contributed by atoms with E-state index >= 15 is 0 Å². The van der Waals surface area contributed by atoms with Gasteiger partial charge in [-0.05, 0) is 60.9 Å². The number of hydrogen-bond donors (Lipinski definition) is 1. The number of hydrogen-bond acceptors (Lipinski definition) is 6. The molecule has 0 aliphatic heterocycles. The number of nitrogens with zero attached hydrogens (tertiary/aromatic N) is 2. The highest BCUT2D eigenvalue weighted by molar-refractivity contribution is 7.10. The Labute approximate surface area is 224 Å². The van der Waals surface area contributed by atoms with Gasteiger partial charge in [-0.3, -0.25) is 4.79 Å². The smallest absolute Gasteiger partial charge is 0.318 e. The number of rotatable bonds is 13. The van der Waals surface area contributed by atoms with Gasteiger partial charge in [-0.1, -0.05) is 25.3 Å². The molecule has 0 radical (unpaired) electrons. The molecule has 2 aromatic rings. The molecule has 3 rings (SSSR count). The van der Waals surface area contributed by atoms with Gasteiger partial charge >= 0.3 is 6.03 Å². The first-order valence-electron chi connectivity index (χ1n) is 13.0. The number of benzene rings is 1. The van der Waals surface area contributed by atoms with Gasteiger partial charge in [0.2, 0.25) is 5.91 Å². The molecule has 9 heteroatoms. The van der Waals surface area contributed by atoms with Gasteiger partial charge in [0.1, 0.15) is 6.54 Å². The lowest BCUT2D eigenvalue weighted by Gasteiger charge is -2.30. The molecule has 1 aliphatic carbocycles. The zero-order chi connectivity index (χ0) is 26.6. The quantitative estimate of drug-likeness (QED) is 0.408. The molecule has 1 aliphatic rings. The molecule has 1 aromatic heterocycles. The van der Waals surface area contributed by atoms with E-state index < -0.39 is 0 Å². The Kier molecular flexibility index (Phi) is 11.5. The van der Waals surface area contributed by atoms with Crippen molar-refractivity contribution in [2.24, 2.45) is 0 Å². The summed E-state index contributed by atoms with van der Waals surface area (Å²) in [5.74, 6) is 1.26. The Hall–Kier alpha value is -2.78. The van der Waals surface area contributed by atoms with Gasteiger partial charge in [-0.25, -0.2) is 4.79 Å². The van der Waals surface area contributed by atoms with Crippen LogP contribution in [0.2, 0.25) is 0 Å². The third-order valence-corrected chi connectivity index (χ3v) is 7.89. The summed E-state index contributed by atoms with van der Waals surface area (Å²) < 4.78 is 16.0. The molecule has 1 N–H and O–H groups in total. The van der Waals surface area contributed by atoms with Crippen molar-refractivity contribution < 1.29 is 23.8 Å². The number of nitrogens with one attached hydrogen (secondary N) is 1. The maximum atomic E-state index is 13.6. The fourth-order valence-corrected chi connectivity index (χ4v) is 5.48. The van der Waals surface area contributed by atoms with Crippen molar-refractivity contribution >= 4 is 23.3 Å². The monoisotopic (exact) mass is 531 g/mol. The summed E-state index contributed by atoms with van der Waals surface area (Å²) in [5.41, 5.74) is 2.21. The molecule has 0 saturated heterocycles. The maximum Gasteiger partial charge on any atom is 0.318 e. The SMILES string of the molecule is COCCN(CC(=O)N(CCc1ccc(OC)c(OC)c1)Cc1sccc1C)C(=O)NC1CCCCC1. The lowest BCUT2D eigenvalue weighted by molar-refractivity contribution is -0.132. The number of methoxy groups -OCH3 is 3. The minimum atomic E-state index is -0.190. The Morgan fingerprint density at radius 1 is 1.00 bits per heavy atom. The van der Waals surface area contributed by atoms with Gasteiger partial charge in [0.25, 0.3) is 0 Å². The molecule has 0 spiro atoms. The van der Waals surface area contributed by atoms with Crippen LogP contribution in [0.5, 0.6) is 11.5 Å². The lowest BCUT2D eigenvalue weighted by atomic mass is 9.96. The highest BCUT2D eigenvalue weighted by Crippen LogP contribution is 2.28. The van der Waals surface area contributed by atoms with Crippen molar-refractivity contribution in [2.45, 2.75) is 58.0 Å². The molecule has 8 nitrogen and oxygen atoms in total. The number of aryl methyl sites for hydroxylation is 1. The molecule has 0 atom stereocenters. The second-order valence-electron chi connectivity index (χ2n) is 9.48. The Morgan fingerprint density at radius 3 is 2.41 bits per heavy atom. The zero-order valence-corrected chi connectivity index (χ0v) is 23.4. The van der Waals surface area contributed by atoms with Gasteiger partial charge in [0.15, 0.2) is 11.5 Å². The van der Waals surface area contributed by atoms with Crippen LogP contribution in [-0.4, -0.2) is 75.4 Å². The van der Waals surface area contributed by atoms with E-state index in [0.29, 0.717) is 44.2 Å². The van der Waals surface area contributed by atoms with E-state index in [2.05, 4.69) is 18.3 Å². The van der Waals surface area contributed by atoms with Gasteiger partial charge in [-0.15, -0.1) is 11.3 Å². The molecular weight excluding hydrogens is 490 g/mol. The molecule has 1 aromatic carbocycles. The third kappa shape index (κ3) is 8.64. The number of thiophene rings is 1. The maximum absolute atomic E-state index is 13.6. The van der Waals surface area contributed by atoms with Crippen LogP contribution in [-0.2, 0) is 22.5 Å².